The zero-order valence-corrected chi connectivity index (χ0v) is 18.5. The zero-order valence-electron chi connectivity index (χ0n) is 17.0. The number of likely N-dealkylation sites (tertiary alicyclic amines) is 1. The molecule has 3 rings (SSSR count). The highest BCUT2D eigenvalue weighted by Gasteiger charge is 2.49. The molecule has 1 heterocycles. The van der Waals surface area contributed by atoms with Gasteiger partial charge < -0.3 is 4.90 Å². The molecule has 0 aromatic heterocycles. The summed E-state index contributed by atoms with van der Waals surface area (Å²) in [5.41, 5.74) is 1.16. The van der Waals surface area contributed by atoms with Gasteiger partial charge in [-0.1, -0.05) is 48.3 Å². The van der Waals surface area contributed by atoms with Crippen LogP contribution < -0.4 is 0 Å². The van der Waals surface area contributed by atoms with Crippen LogP contribution in [0.25, 0.3) is 0 Å². The molecule has 1 saturated heterocycles. The van der Waals surface area contributed by atoms with E-state index in [-0.39, 0.29) is 29.7 Å². The highest BCUT2D eigenvalue weighted by molar-refractivity contribution is 6.30. The van der Waals surface area contributed by atoms with Crippen LogP contribution in [-0.2, 0) is 4.79 Å². The van der Waals surface area contributed by atoms with Crippen LogP contribution in [0.15, 0.2) is 55.1 Å². The third kappa shape index (κ3) is 4.36. The van der Waals surface area contributed by atoms with E-state index in [4.69, 9.17) is 23.2 Å². The fraction of sp³-hybridized carbons (Fsp3) is 0.375. The summed E-state index contributed by atoms with van der Waals surface area (Å²) < 4.78 is 14.2. The van der Waals surface area contributed by atoms with Crippen LogP contribution in [0.3, 0.4) is 0 Å². The standard InChI is InChI=1S/C24H26Cl2FNO/c1-5-10-24(4)14-21(17-11-19(26)13-20(27)12-17)22(28(15(2)3)23(24)29)16-6-8-18(25)9-7-16/h5-9,11-13,15,21-22H,1,10,14H2,2-4H3. The summed E-state index contributed by atoms with van der Waals surface area (Å²) in [4.78, 5) is 15.5. The first-order valence-corrected chi connectivity index (χ1v) is 10.6. The number of piperidine rings is 1. The fourth-order valence-electron chi connectivity index (χ4n) is 4.50. The van der Waals surface area contributed by atoms with Gasteiger partial charge in [0.15, 0.2) is 0 Å². The van der Waals surface area contributed by atoms with Gasteiger partial charge in [-0.3, -0.25) is 4.79 Å². The van der Waals surface area contributed by atoms with E-state index in [1.165, 1.54) is 12.1 Å². The smallest absolute Gasteiger partial charge is 0.229 e. The van der Waals surface area contributed by atoms with E-state index < -0.39 is 5.41 Å². The molecule has 2 nitrogen and oxygen atoms in total. The Labute approximate surface area is 182 Å². The lowest BCUT2D eigenvalue weighted by atomic mass is 9.67. The van der Waals surface area contributed by atoms with Gasteiger partial charge in [-0.05, 0) is 68.1 Å². The molecular weight excluding hydrogens is 408 g/mol. The average Bonchev–Trinajstić information content (AvgIpc) is 2.63. The Morgan fingerprint density at radius 1 is 1.17 bits per heavy atom. The average molecular weight is 434 g/mol. The Morgan fingerprint density at radius 3 is 2.38 bits per heavy atom. The molecule has 0 saturated carbocycles. The molecule has 0 spiro atoms. The van der Waals surface area contributed by atoms with E-state index in [9.17, 15) is 9.18 Å². The number of amides is 1. The van der Waals surface area contributed by atoms with Crippen molar-refractivity contribution >= 4 is 29.1 Å². The van der Waals surface area contributed by atoms with E-state index in [1.807, 2.05) is 49.9 Å². The molecule has 0 N–H and O–H groups in total. The second-order valence-corrected chi connectivity index (χ2v) is 9.24. The molecule has 0 aliphatic carbocycles. The summed E-state index contributed by atoms with van der Waals surface area (Å²) in [6.07, 6.45) is 2.92. The molecule has 0 radical (unpaired) electrons. The first-order valence-electron chi connectivity index (χ1n) is 9.81. The lowest BCUT2D eigenvalue weighted by Gasteiger charge is -2.51. The maximum absolute atomic E-state index is 14.2. The predicted molar refractivity (Wildman–Crippen MR) is 118 cm³/mol. The van der Waals surface area contributed by atoms with Crippen LogP contribution in [0.2, 0.25) is 10.0 Å². The number of carbonyl (C=O) groups is 1. The van der Waals surface area contributed by atoms with Gasteiger partial charge >= 0.3 is 0 Å². The number of nitrogens with zero attached hydrogens (tertiary/aromatic N) is 1. The number of benzene rings is 2. The summed E-state index contributed by atoms with van der Waals surface area (Å²) in [6.45, 7) is 9.84. The van der Waals surface area contributed by atoms with Crippen molar-refractivity contribution in [1.29, 1.82) is 0 Å². The van der Waals surface area contributed by atoms with Gasteiger partial charge in [-0.25, -0.2) is 4.39 Å². The largest absolute Gasteiger partial charge is 0.332 e. The molecule has 1 fully saturated rings. The van der Waals surface area contributed by atoms with Gasteiger partial charge in [0.25, 0.3) is 0 Å². The van der Waals surface area contributed by atoms with Crippen LogP contribution >= 0.6 is 23.2 Å². The van der Waals surface area contributed by atoms with Crippen molar-refractivity contribution in [2.75, 3.05) is 0 Å². The van der Waals surface area contributed by atoms with Crippen LogP contribution in [0.4, 0.5) is 4.39 Å². The Bertz CT molecular complexity index is 891. The molecule has 1 aliphatic heterocycles. The van der Waals surface area contributed by atoms with Crippen molar-refractivity contribution in [1.82, 2.24) is 4.90 Å². The summed E-state index contributed by atoms with van der Waals surface area (Å²) in [5, 5.41) is 0.988. The van der Waals surface area contributed by atoms with Crippen molar-refractivity contribution in [3.63, 3.8) is 0 Å². The summed E-state index contributed by atoms with van der Waals surface area (Å²) in [7, 11) is 0. The Morgan fingerprint density at radius 2 is 1.83 bits per heavy atom. The molecule has 3 atom stereocenters. The van der Waals surface area contributed by atoms with Crippen molar-refractivity contribution in [3.8, 4) is 0 Å². The SMILES string of the molecule is C=CCC1(C)CC(c2cc(F)cc(Cl)c2)C(c2ccc(Cl)cc2)N(C(C)C)C1=O. The van der Waals surface area contributed by atoms with Gasteiger partial charge in [-0.15, -0.1) is 6.58 Å². The van der Waals surface area contributed by atoms with E-state index in [0.717, 1.165) is 11.1 Å². The number of hydrogen-bond acceptors (Lipinski definition) is 1. The van der Waals surface area contributed by atoms with Gasteiger partial charge in [-0.2, -0.15) is 0 Å². The van der Waals surface area contributed by atoms with E-state index >= 15 is 0 Å². The number of hydrogen-bond donors (Lipinski definition) is 0. The molecular formula is C24H26Cl2FNO. The quantitative estimate of drug-likeness (QED) is 0.457. The van der Waals surface area contributed by atoms with Crippen molar-refractivity contribution in [2.24, 2.45) is 5.41 Å². The summed E-state index contributed by atoms with van der Waals surface area (Å²) >= 11 is 12.3. The predicted octanol–water partition coefficient (Wildman–Crippen LogP) is 7.18. The minimum absolute atomic E-state index is 0.0286. The molecule has 29 heavy (non-hydrogen) atoms. The lowest BCUT2D eigenvalue weighted by Crippen LogP contribution is -2.54. The second-order valence-electron chi connectivity index (χ2n) is 8.37. The van der Waals surface area contributed by atoms with Crippen molar-refractivity contribution in [2.45, 2.75) is 51.6 Å². The topological polar surface area (TPSA) is 20.3 Å². The number of allylic oxidation sites excluding steroid dienone is 1. The fourth-order valence-corrected chi connectivity index (χ4v) is 4.86. The highest BCUT2D eigenvalue weighted by Crippen LogP contribution is 2.52. The molecule has 2 aromatic rings. The van der Waals surface area contributed by atoms with Crippen LogP contribution in [0, 0.1) is 11.2 Å². The number of carbonyl (C=O) groups excluding carboxylic acids is 1. The highest BCUT2D eigenvalue weighted by atomic mass is 35.5. The molecule has 1 amide bonds. The first kappa shape index (κ1) is 21.9. The Hall–Kier alpha value is -1.84. The molecule has 3 unspecified atom stereocenters. The molecule has 5 heteroatoms. The minimum atomic E-state index is -0.613. The molecule has 1 aliphatic rings. The van der Waals surface area contributed by atoms with E-state index in [0.29, 0.717) is 22.9 Å². The van der Waals surface area contributed by atoms with Gasteiger partial charge in [0, 0.05) is 22.0 Å². The monoisotopic (exact) mass is 433 g/mol. The number of halogens is 3. The van der Waals surface area contributed by atoms with Gasteiger partial charge in [0.2, 0.25) is 5.91 Å². The van der Waals surface area contributed by atoms with Crippen molar-refractivity contribution < 1.29 is 9.18 Å². The van der Waals surface area contributed by atoms with E-state index in [1.54, 1.807) is 12.1 Å². The Balaban J connectivity index is 2.21. The first-order chi connectivity index (χ1) is 13.7. The minimum Gasteiger partial charge on any atom is -0.332 e. The van der Waals surface area contributed by atoms with Gasteiger partial charge in [0.05, 0.1) is 11.5 Å². The van der Waals surface area contributed by atoms with Gasteiger partial charge in [0.1, 0.15) is 5.82 Å². The lowest BCUT2D eigenvalue weighted by molar-refractivity contribution is -0.153. The summed E-state index contributed by atoms with van der Waals surface area (Å²) in [5.74, 6) is -0.402. The zero-order chi connectivity index (χ0) is 21.3. The Kier molecular flexibility index (Phi) is 6.40. The van der Waals surface area contributed by atoms with Crippen LogP contribution in [-0.4, -0.2) is 16.8 Å². The molecule has 2 aromatic carbocycles. The maximum atomic E-state index is 14.2. The molecule has 154 valence electrons. The summed E-state index contributed by atoms with van der Waals surface area (Å²) in [6, 6.07) is 11.9. The number of rotatable bonds is 5. The van der Waals surface area contributed by atoms with Crippen molar-refractivity contribution in [3.05, 3.63) is 82.1 Å². The normalized spacial score (nSPS) is 24.8. The molecule has 0 bridgehead atoms. The third-order valence-electron chi connectivity index (χ3n) is 5.78. The van der Waals surface area contributed by atoms with Crippen LogP contribution in [0.1, 0.15) is 56.7 Å². The second kappa shape index (κ2) is 8.49. The third-order valence-corrected chi connectivity index (χ3v) is 6.25. The van der Waals surface area contributed by atoms with E-state index in [2.05, 4.69) is 6.58 Å². The van der Waals surface area contributed by atoms with Crippen LogP contribution in [0.5, 0.6) is 0 Å². The maximum Gasteiger partial charge on any atom is 0.229 e.